The molecule has 0 bridgehead atoms. The van der Waals surface area contributed by atoms with E-state index < -0.39 is 0 Å². The lowest BCUT2D eigenvalue weighted by Gasteiger charge is -2.15. The molecule has 1 aromatic rings. The fourth-order valence-corrected chi connectivity index (χ4v) is 1.84. The average molecular weight is 259 g/mol. The van der Waals surface area contributed by atoms with Crippen molar-refractivity contribution in [3.8, 4) is 0 Å². The Morgan fingerprint density at radius 2 is 2.12 bits per heavy atom. The van der Waals surface area contributed by atoms with Crippen LogP contribution >= 0.6 is 23.2 Å². The summed E-state index contributed by atoms with van der Waals surface area (Å²) in [6.45, 7) is 3.69. The number of rotatable bonds is 6. The van der Waals surface area contributed by atoms with E-state index in [1.807, 2.05) is 18.2 Å². The first-order valence-electron chi connectivity index (χ1n) is 5.18. The van der Waals surface area contributed by atoms with Crippen molar-refractivity contribution in [2.24, 2.45) is 5.84 Å². The molecule has 0 spiro atoms. The van der Waals surface area contributed by atoms with Gasteiger partial charge < -0.3 is 0 Å². The Morgan fingerprint density at radius 3 is 2.69 bits per heavy atom. The number of nitrogens with two attached hydrogens (primary N) is 1. The lowest BCUT2D eigenvalue weighted by Crippen LogP contribution is -2.36. The highest BCUT2D eigenvalue weighted by Gasteiger charge is 2.08. The summed E-state index contributed by atoms with van der Waals surface area (Å²) >= 11 is 11.8. The molecule has 0 amide bonds. The normalized spacial score (nSPS) is 12.4. The van der Waals surface area contributed by atoms with Crippen LogP contribution in [0, 0.1) is 0 Å². The molecular weight excluding hydrogens is 243 g/mol. The maximum atomic E-state index is 5.95. The third kappa shape index (κ3) is 4.14. The quantitative estimate of drug-likeness (QED) is 0.467. The van der Waals surface area contributed by atoms with E-state index in [0.29, 0.717) is 10.0 Å². The average Bonchev–Trinajstić information content (AvgIpc) is 2.29. The summed E-state index contributed by atoms with van der Waals surface area (Å²) < 4.78 is 0. The molecule has 0 aliphatic carbocycles. The van der Waals surface area contributed by atoms with Gasteiger partial charge in [-0.25, -0.2) is 0 Å². The molecule has 0 fully saturated rings. The van der Waals surface area contributed by atoms with Crippen LogP contribution in [0.3, 0.4) is 0 Å². The van der Waals surface area contributed by atoms with Gasteiger partial charge in [-0.3, -0.25) is 11.3 Å². The largest absolute Gasteiger partial charge is 0.271 e. The van der Waals surface area contributed by atoms with Crippen LogP contribution in [-0.2, 0) is 6.42 Å². The number of hydrogen-bond donors (Lipinski definition) is 2. The van der Waals surface area contributed by atoms with Crippen molar-refractivity contribution in [2.75, 3.05) is 0 Å². The van der Waals surface area contributed by atoms with E-state index in [0.717, 1.165) is 24.8 Å². The van der Waals surface area contributed by atoms with Crippen LogP contribution in [0.1, 0.15) is 18.4 Å². The van der Waals surface area contributed by atoms with Crippen LogP contribution in [0.25, 0.3) is 0 Å². The third-order valence-electron chi connectivity index (χ3n) is 2.42. The Labute approximate surface area is 106 Å². The minimum atomic E-state index is 0.232. The highest BCUT2D eigenvalue weighted by Crippen LogP contribution is 2.23. The lowest BCUT2D eigenvalue weighted by molar-refractivity contribution is 0.495. The summed E-state index contributed by atoms with van der Waals surface area (Å²) in [5, 5.41) is 1.16. The minimum Gasteiger partial charge on any atom is -0.271 e. The summed E-state index contributed by atoms with van der Waals surface area (Å²) in [7, 11) is 0. The molecule has 4 heteroatoms. The Hall–Kier alpha value is -0.540. The fourth-order valence-electron chi connectivity index (χ4n) is 1.51. The predicted molar refractivity (Wildman–Crippen MR) is 70.7 cm³/mol. The SMILES string of the molecule is C=CCCC(Cc1ccc(Cl)c(Cl)c1)NN. The van der Waals surface area contributed by atoms with Gasteiger partial charge in [0.2, 0.25) is 0 Å². The summed E-state index contributed by atoms with van der Waals surface area (Å²) in [6.07, 6.45) is 4.62. The van der Waals surface area contributed by atoms with Gasteiger partial charge in [-0.15, -0.1) is 6.58 Å². The first-order valence-corrected chi connectivity index (χ1v) is 5.94. The van der Waals surface area contributed by atoms with Crippen molar-refractivity contribution in [1.82, 2.24) is 5.43 Å². The number of allylic oxidation sites excluding steroid dienone is 1. The van der Waals surface area contributed by atoms with Crippen molar-refractivity contribution in [2.45, 2.75) is 25.3 Å². The minimum absolute atomic E-state index is 0.232. The molecule has 0 saturated heterocycles. The van der Waals surface area contributed by atoms with Gasteiger partial charge in [-0.1, -0.05) is 35.3 Å². The monoisotopic (exact) mass is 258 g/mol. The molecule has 1 rings (SSSR count). The molecule has 0 radical (unpaired) electrons. The number of nitrogens with one attached hydrogen (secondary N) is 1. The predicted octanol–water partition coefficient (Wildman–Crippen LogP) is 3.33. The summed E-state index contributed by atoms with van der Waals surface area (Å²) in [4.78, 5) is 0. The van der Waals surface area contributed by atoms with E-state index in [2.05, 4.69) is 12.0 Å². The van der Waals surface area contributed by atoms with Crippen molar-refractivity contribution in [3.05, 3.63) is 46.5 Å². The number of halogens is 2. The molecule has 0 heterocycles. The highest BCUT2D eigenvalue weighted by molar-refractivity contribution is 6.42. The molecule has 0 aliphatic rings. The Balaban J connectivity index is 2.62. The lowest BCUT2D eigenvalue weighted by atomic mass is 10.0. The van der Waals surface area contributed by atoms with Crippen LogP contribution in [0.2, 0.25) is 10.0 Å². The van der Waals surface area contributed by atoms with Gasteiger partial charge in [0.1, 0.15) is 0 Å². The van der Waals surface area contributed by atoms with Gasteiger partial charge in [0.15, 0.2) is 0 Å². The van der Waals surface area contributed by atoms with E-state index in [9.17, 15) is 0 Å². The molecule has 1 unspecified atom stereocenters. The summed E-state index contributed by atoms with van der Waals surface area (Å²) in [5.74, 6) is 5.49. The first-order chi connectivity index (χ1) is 7.67. The first kappa shape index (κ1) is 13.5. The number of hydrazine groups is 1. The topological polar surface area (TPSA) is 38.0 Å². The van der Waals surface area contributed by atoms with Gasteiger partial charge in [-0.2, -0.15) is 0 Å². The van der Waals surface area contributed by atoms with Gasteiger partial charge in [0.25, 0.3) is 0 Å². The Kier molecular flexibility index (Phi) is 5.85. The van der Waals surface area contributed by atoms with Crippen molar-refractivity contribution in [1.29, 1.82) is 0 Å². The Morgan fingerprint density at radius 1 is 1.38 bits per heavy atom. The molecule has 2 nitrogen and oxygen atoms in total. The summed E-state index contributed by atoms with van der Waals surface area (Å²) in [5.41, 5.74) is 3.92. The molecule has 0 aliphatic heterocycles. The fraction of sp³-hybridized carbons (Fsp3) is 0.333. The van der Waals surface area contributed by atoms with Crippen molar-refractivity contribution >= 4 is 23.2 Å². The molecule has 3 N–H and O–H groups in total. The second-order valence-electron chi connectivity index (χ2n) is 3.68. The van der Waals surface area contributed by atoms with Gasteiger partial charge in [0, 0.05) is 6.04 Å². The maximum absolute atomic E-state index is 5.95. The zero-order chi connectivity index (χ0) is 12.0. The maximum Gasteiger partial charge on any atom is 0.0595 e. The van der Waals surface area contributed by atoms with E-state index in [4.69, 9.17) is 29.0 Å². The second kappa shape index (κ2) is 6.92. The summed E-state index contributed by atoms with van der Waals surface area (Å²) in [6, 6.07) is 5.88. The van der Waals surface area contributed by atoms with E-state index >= 15 is 0 Å². The number of benzene rings is 1. The zero-order valence-electron chi connectivity index (χ0n) is 9.05. The standard InChI is InChI=1S/C12H16Cl2N2/c1-2-3-4-10(16-15)7-9-5-6-11(13)12(14)8-9/h2,5-6,8,10,16H,1,3-4,7,15H2. The Bertz CT molecular complexity index is 353. The van der Waals surface area contributed by atoms with Crippen molar-refractivity contribution < 1.29 is 0 Å². The van der Waals surface area contributed by atoms with Crippen LogP contribution < -0.4 is 11.3 Å². The van der Waals surface area contributed by atoms with Crippen LogP contribution in [0.4, 0.5) is 0 Å². The zero-order valence-corrected chi connectivity index (χ0v) is 10.6. The number of hydrogen-bond acceptors (Lipinski definition) is 2. The van der Waals surface area contributed by atoms with Crippen LogP contribution in [0.5, 0.6) is 0 Å². The highest BCUT2D eigenvalue weighted by atomic mass is 35.5. The smallest absolute Gasteiger partial charge is 0.0595 e. The molecule has 1 atom stereocenters. The van der Waals surface area contributed by atoms with Crippen LogP contribution in [-0.4, -0.2) is 6.04 Å². The molecule has 0 saturated carbocycles. The third-order valence-corrected chi connectivity index (χ3v) is 3.16. The van der Waals surface area contributed by atoms with Gasteiger partial charge >= 0.3 is 0 Å². The molecule has 16 heavy (non-hydrogen) atoms. The second-order valence-corrected chi connectivity index (χ2v) is 4.50. The van der Waals surface area contributed by atoms with E-state index in [-0.39, 0.29) is 6.04 Å². The van der Waals surface area contributed by atoms with Gasteiger partial charge in [-0.05, 0) is 37.0 Å². The molecule has 88 valence electrons. The van der Waals surface area contributed by atoms with E-state index in [1.54, 1.807) is 6.07 Å². The van der Waals surface area contributed by atoms with Gasteiger partial charge in [0.05, 0.1) is 10.0 Å². The van der Waals surface area contributed by atoms with Crippen LogP contribution in [0.15, 0.2) is 30.9 Å². The molecule has 1 aromatic carbocycles. The van der Waals surface area contributed by atoms with E-state index in [1.165, 1.54) is 0 Å². The molecule has 0 aromatic heterocycles. The van der Waals surface area contributed by atoms with Crippen molar-refractivity contribution in [3.63, 3.8) is 0 Å². The molecular formula is C12H16Cl2N2.